The molecule has 0 aliphatic rings. The number of amides is 1. The third kappa shape index (κ3) is 5.85. The second-order valence-electron chi connectivity index (χ2n) is 4.38. The van der Waals surface area contributed by atoms with Crippen LogP contribution in [0, 0.1) is 0 Å². The first-order chi connectivity index (χ1) is 8.95. The molecule has 1 rings (SSSR count). The van der Waals surface area contributed by atoms with Crippen molar-refractivity contribution in [2.24, 2.45) is 5.73 Å². The van der Waals surface area contributed by atoms with Crippen LogP contribution in [0.25, 0.3) is 0 Å². The van der Waals surface area contributed by atoms with Gasteiger partial charge in [-0.1, -0.05) is 29.3 Å². The molecule has 1 aromatic carbocycles. The number of nitrogens with one attached hydrogen (secondary N) is 1. The van der Waals surface area contributed by atoms with E-state index in [1.165, 1.54) is 7.11 Å². The highest BCUT2D eigenvalue weighted by Gasteiger charge is 2.17. The van der Waals surface area contributed by atoms with Crippen LogP contribution in [0.5, 0.6) is 0 Å². The fourth-order valence-electron chi connectivity index (χ4n) is 1.69. The Bertz CT molecular complexity index is 423. The van der Waals surface area contributed by atoms with E-state index < -0.39 is 6.04 Å². The van der Waals surface area contributed by atoms with E-state index in [-0.39, 0.29) is 31.0 Å². The smallest absolute Gasteiger partial charge is 0.239 e. The fraction of sp³-hybridized carbons (Fsp3) is 0.462. The lowest BCUT2D eigenvalue weighted by Gasteiger charge is -2.18. The number of halogens is 3. The van der Waals surface area contributed by atoms with Crippen LogP contribution < -0.4 is 11.1 Å². The van der Waals surface area contributed by atoms with Crippen molar-refractivity contribution in [3.8, 4) is 0 Å². The van der Waals surface area contributed by atoms with Crippen LogP contribution >= 0.6 is 35.6 Å². The van der Waals surface area contributed by atoms with Crippen molar-refractivity contribution in [1.82, 2.24) is 5.32 Å². The number of rotatable bonds is 6. The molecule has 0 saturated heterocycles. The monoisotopic (exact) mass is 340 g/mol. The minimum atomic E-state index is -0.672. The summed E-state index contributed by atoms with van der Waals surface area (Å²) in [5.74, 6) is -0.252. The van der Waals surface area contributed by atoms with E-state index in [1.807, 2.05) is 6.92 Å². The third-order valence-electron chi connectivity index (χ3n) is 2.64. The van der Waals surface area contributed by atoms with Crippen molar-refractivity contribution < 1.29 is 9.53 Å². The summed E-state index contributed by atoms with van der Waals surface area (Å²) in [6.07, 6.45) is 0.546. The second kappa shape index (κ2) is 9.42. The SMILES string of the molecule is COCC(N)C(=O)NC(C)Cc1c(Cl)cccc1Cl.Cl. The Hall–Kier alpha value is -0.520. The van der Waals surface area contributed by atoms with Crippen molar-refractivity contribution in [2.45, 2.75) is 25.4 Å². The first-order valence-electron chi connectivity index (χ1n) is 5.93. The predicted molar refractivity (Wildman–Crippen MR) is 84.9 cm³/mol. The molecule has 20 heavy (non-hydrogen) atoms. The number of hydrogen-bond acceptors (Lipinski definition) is 3. The quantitative estimate of drug-likeness (QED) is 0.835. The highest BCUT2D eigenvalue weighted by molar-refractivity contribution is 6.36. The maximum atomic E-state index is 11.7. The van der Waals surface area contributed by atoms with Crippen LogP contribution in [-0.4, -0.2) is 31.7 Å². The molecule has 0 bridgehead atoms. The van der Waals surface area contributed by atoms with E-state index in [1.54, 1.807) is 18.2 Å². The molecule has 2 atom stereocenters. The van der Waals surface area contributed by atoms with E-state index in [2.05, 4.69) is 5.32 Å². The van der Waals surface area contributed by atoms with E-state index in [0.29, 0.717) is 16.5 Å². The summed E-state index contributed by atoms with van der Waals surface area (Å²) in [5.41, 5.74) is 6.46. The molecule has 1 amide bonds. The Morgan fingerprint density at radius 3 is 2.45 bits per heavy atom. The van der Waals surface area contributed by atoms with Gasteiger partial charge in [-0.15, -0.1) is 12.4 Å². The van der Waals surface area contributed by atoms with E-state index in [0.717, 1.165) is 5.56 Å². The van der Waals surface area contributed by atoms with Gasteiger partial charge in [-0.25, -0.2) is 0 Å². The van der Waals surface area contributed by atoms with Crippen LogP contribution in [-0.2, 0) is 16.0 Å². The van der Waals surface area contributed by atoms with Crippen molar-refractivity contribution in [3.63, 3.8) is 0 Å². The van der Waals surface area contributed by atoms with Crippen LogP contribution in [0.2, 0.25) is 10.0 Å². The maximum Gasteiger partial charge on any atom is 0.239 e. The minimum Gasteiger partial charge on any atom is -0.383 e. The third-order valence-corrected chi connectivity index (χ3v) is 3.35. The highest BCUT2D eigenvalue weighted by atomic mass is 35.5. The summed E-state index contributed by atoms with van der Waals surface area (Å²) in [7, 11) is 1.50. The summed E-state index contributed by atoms with van der Waals surface area (Å²) >= 11 is 12.2. The summed E-state index contributed by atoms with van der Waals surface area (Å²) in [6.45, 7) is 2.06. The lowest BCUT2D eigenvalue weighted by Crippen LogP contribution is -2.47. The fourth-order valence-corrected chi connectivity index (χ4v) is 2.24. The molecule has 2 unspecified atom stereocenters. The molecule has 0 aromatic heterocycles. The molecule has 0 aliphatic carbocycles. The molecular formula is C13H19Cl3N2O2. The first kappa shape index (κ1) is 19.5. The molecule has 0 fully saturated rings. The average Bonchev–Trinajstić information content (AvgIpc) is 2.34. The molecule has 3 N–H and O–H groups in total. The number of benzene rings is 1. The van der Waals surface area contributed by atoms with Crippen LogP contribution in [0.4, 0.5) is 0 Å². The number of hydrogen-bond donors (Lipinski definition) is 2. The maximum absolute atomic E-state index is 11.7. The second-order valence-corrected chi connectivity index (χ2v) is 5.19. The molecule has 0 heterocycles. The van der Waals surface area contributed by atoms with E-state index in [9.17, 15) is 4.79 Å². The van der Waals surface area contributed by atoms with E-state index >= 15 is 0 Å². The summed E-state index contributed by atoms with van der Waals surface area (Å²) in [6, 6.07) is 4.54. The Morgan fingerprint density at radius 1 is 1.40 bits per heavy atom. The number of nitrogens with two attached hydrogens (primary N) is 1. The normalized spacial score (nSPS) is 13.2. The van der Waals surface area contributed by atoms with Crippen molar-refractivity contribution in [1.29, 1.82) is 0 Å². The van der Waals surface area contributed by atoms with Crippen molar-refractivity contribution in [2.75, 3.05) is 13.7 Å². The Labute approximate surface area is 135 Å². The zero-order valence-corrected chi connectivity index (χ0v) is 13.7. The van der Waals surface area contributed by atoms with Gasteiger partial charge >= 0.3 is 0 Å². The Kier molecular flexibility index (Phi) is 9.18. The Balaban J connectivity index is 0.00000361. The summed E-state index contributed by atoms with van der Waals surface area (Å²) in [5, 5.41) is 3.99. The Morgan fingerprint density at radius 2 is 1.95 bits per heavy atom. The summed E-state index contributed by atoms with van der Waals surface area (Å²) < 4.78 is 4.83. The van der Waals surface area contributed by atoms with Crippen LogP contribution in [0.1, 0.15) is 12.5 Å². The van der Waals surface area contributed by atoms with Gasteiger partial charge in [0.2, 0.25) is 5.91 Å². The van der Waals surface area contributed by atoms with Crippen LogP contribution in [0.15, 0.2) is 18.2 Å². The zero-order chi connectivity index (χ0) is 14.4. The van der Waals surface area contributed by atoms with Crippen LogP contribution in [0.3, 0.4) is 0 Å². The predicted octanol–water partition coefficient (Wildman–Crippen LogP) is 2.44. The topological polar surface area (TPSA) is 64.3 Å². The number of ether oxygens (including phenoxy) is 1. The first-order valence-corrected chi connectivity index (χ1v) is 6.69. The standard InChI is InChI=1S/C13H18Cl2N2O2.ClH/c1-8(17-13(18)12(16)7-19-2)6-9-10(14)4-3-5-11(9)15;/h3-5,8,12H,6-7,16H2,1-2H3,(H,17,18);1H. The molecule has 0 radical (unpaired) electrons. The molecule has 0 spiro atoms. The van der Waals surface area contributed by atoms with Gasteiger partial charge in [0.05, 0.1) is 6.61 Å². The average molecular weight is 342 g/mol. The van der Waals surface area contributed by atoms with E-state index in [4.69, 9.17) is 33.7 Å². The lowest BCUT2D eigenvalue weighted by atomic mass is 10.1. The highest BCUT2D eigenvalue weighted by Crippen LogP contribution is 2.25. The van der Waals surface area contributed by atoms with Crippen molar-refractivity contribution in [3.05, 3.63) is 33.8 Å². The summed E-state index contributed by atoms with van der Waals surface area (Å²) in [4.78, 5) is 11.7. The molecule has 0 saturated carbocycles. The van der Waals surface area contributed by atoms with Gasteiger partial charge in [-0.05, 0) is 31.0 Å². The van der Waals surface area contributed by atoms with Gasteiger partial charge in [-0.2, -0.15) is 0 Å². The largest absolute Gasteiger partial charge is 0.383 e. The number of carbonyl (C=O) groups is 1. The van der Waals surface area contributed by atoms with Gasteiger partial charge < -0.3 is 15.8 Å². The number of carbonyl (C=O) groups excluding carboxylic acids is 1. The lowest BCUT2D eigenvalue weighted by molar-refractivity contribution is -0.124. The van der Waals surface area contributed by atoms with Gasteiger partial charge in [-0.3, -0.25) is 4.79 Å². The zero-order valence-electron chi connectivity index (χ0n) is 11.4. The molecule has 1 aromatic rings. The molecule has 7 heteroatoms. The van der Waals surface area contributed by atoms with Gasteiger partial charge in [0.1, 0.15) is 6.04 Å². The molecule has 0 aliphatic heterocycles. The minimum absolute atomic E-state index is 0. The van der Waals surface area contributed by atoms with Gasteiger partial charge in [0, 0.05) is 23.2 Å². The molecule has 4 nitrogen and oxygen atoms in total. The van der Waals surface area contributed by atoms with Crippen molar-refractivity contribution >= 4 is 41.5 Å². The number of methoxy groups -OCH3 is 1. The van der Waals surface area contributed by atoms with Gasteiger partial charge in [0.15, 0.2) is 0 Å². The van der Waals surface area contributed by atoms with Gasteiger partial charge in [0.25, 0.3) is 0 Å². The molecular weight excluding hydrogens is 323 g/mol. The molecule has 114 valence electrons.